The van der Waals surface area contributed by atoms with Crippen molar-refractivity contribution >= 4 is 11.6 Å². The molecule has 2 aromatic carbocycles. The highest BCUT2D eigenvalue weighted by molar-refractivity contribution is 6.04. The first-order valence-corrected chi connectivity index (χ1v) is 10.8. The van der Waals surface area contributed by atoms with Gasteiger partial charge in [0.25, 0.3) is 5.91 Å². The Kier molecular flexibility index (Phi) is 10.2. The maximum Gasteiger partial charge on any atom is 0.255 e. The summed E-state index contributed by atoms with van der Waals surface area (Å²) < 4.78 is 11.5. The summed E-state index contributed by atoms with van der Waals surface area (Å²) in [6, 6.07) is 14.2. The number of ether oxygens (including phenoxy) is 2. The molecule has 0 aromatic heterocycles. The van der Waals surface area contributed by atoms with Crippen LogP contribution in [0.5, 0.6) is 11.5 Å². The Morgan fingerprint density at radius 3 is 2.23 bits per heavy atom. The number of amides is 1. The second-order valence-electron chi connectivity index (χ2n) is 7.29. The van der Waals surface area contributed by atoms with E-state index in [4.69, 9.17) is 9.47 Å². The first-order chi connectivity index (χ1) is 14.5. The monoisotopic (exact) mass is 414 g/mol. The minimum atomic E-state index is -0.644. The molecule has 0 aliphatic carbocycles. The molecule has 2 aromatic rings. The highest BCUT2D eigenvalue weighted by Gasteiger charge is 2.15. The van der Waals surface area contributed by atoms with E-state index in [0.717, 1.165) is 38.0 Å². The van der Waals surface area contributed by atoms with E-state index in [-0.39, 0.29) is 5.91 Å². The van der Waals surface area contributed by atoms with E-state index in [0.29, 0.717) is 23.6 Å². The average molecular weight is 415 g/mol. The van der Waals surface area contributed by atoms with Crippen molar-refractivity contribution in [3.8, 4) is 11.5 Å². The molecule has 0 radical (unpaired) electrons. The molecule has 164 valence electrons. The summed E-state index contributed by atoms with van der Waals surface area (Å²) in [6.45, 7) is 7.34. The van der Waals surface area contributed by atoms with Crippen LogP contribution in [-0.4, -0.2) is 36.5 Å². The van der Waals surface area contributed by atoms with Crippen molar-refractivity contribution in [2.75, 3.05) is 18.5 Å². The highest BCUT2D eigenvalue weighted by Crippen LogP contribution is 2.19. The quantitative estimate of drug-likeness (QED) is 0.330. The van der Waals surface area contributed by atoms with Gasteiger partial charge in [-0.3, -0.25) is 10.1 Å². The SMILES string of the molecule is CCCCCOc1ccc(C(=O)Nc2ccc(OC(NCCC)C(C)O)cc2)cc1. The van der Waals surface area contributed by atoms with Gasteiger partial charge >= 0.3 is 0 Å². The number of carbonyl (C=O) groups is 1. The Morgan fingerprint density at radius 1 is 0.967 bits per heavy atom. The van der Waals surface area contributed by atoms with Crippen molar-refractivity contribution in [2.45, 2.75) is 58.8 Å². The van der Waals surface area contributed by atoms with Crippen LogP contribution in [-0.2, 0) is 0 Å². The summed E-state index contributed by atoms with van der Waals surface area (Å²) in [5.41, 5.74) is 1.23. The van der Waals surface area contributed by atoms with Crippen molar-refractivity contribution in [3.63, 3.8) is 0 Å². The van der Waals surface area contributed by atoms with Gasteiger partial charge < -0.3 is 19.9 Å². The van der Waals surface area contributed by atoms with Crippen LogP contribution in [0.3, 0.4) is 0 Å². The summed E-state index contributed by atoms with van der Waals surface area (Å²) in [5, 5.41) is 15.9. The second-order valence-corrected chi connectivity index (χ2v) is 7.29. The van der Waals surface area contributed by atoms with Crippen LogP contribution < -0.4 is 20.1 Å². The Balaban J connectivity index is 1.87. The molecule has 6 heteroatoms. The number of aliphatic hydroxyl groups excluding tert-OH is 1. The van der Waals surface area contributed by atoms with Crippen LogP contribution in [0.2, 0.25) is 0 Å². The lowest BCUT2D eigenvalue weighted by atomic mass is 10.2. The first kappa shape index (κ1) is 23.7. The number of unbranched alkanes of at least 4 members (excludes halogenated alkanes) is 2. The predicted molar refractivity (Wildman–Crippen MR) is 120 cm³/mol. The van der Waals surface area contributed by atoms with Crippen molar-refractivity contribution in [1.82, 2.24) is 5.32 Å². The number of benzene rings is 2. The summed E-state index contributed by atoms with van der Waals surface area (Å²) in [5.74, 6) is 1.20. The molecular formula is C24H34N2O4. The number of hydrogen-bond donors (Lipinski definition) is 3. The largest absolute Gasteiger partial charge is 0.494 e. The Labute approximate surface area is 179 Å². The van der Waals surface area contributed by atoms with Crippen LogP contribution in [0.15, 0.2) is 48.5 Å². The van der Waals surface area contributed by atoms with Gasteiger partial charge in [-0.25, -0.2) is 0 Å². The highest BCUT2D eigenvalue weighted by atomic mass is 16.5. The normalized spacial score (nSPS) is 12.8. The van der Waals surface area contributed by atoms with Crippen molar-refractivity contribution < 1.29 is 19.4 Å². The average Bonchev–Trinajstić information content (AvgIpc) is 2.75. The van der Waals surface area contributed by atoms with E-state index in [9.17, 15) is 9.90 Å². The van der Waals surface area contributed by atoms with Crippen LogP contribution in [0, 0.1) is 0 Å². The van der Waals surface area contributed by atoms with E-state index in [1.165, 1.54) is 0 Å². The Hall–Kier alpha value is -2.57. The molecule has 6 nitrogen and oxygen atoms in total. The molecule has 2 rings (SSSR count). The molecule has 30 heavy (non-hydrogen) atoms. The number of aliphatic hydroxyl groups is 1. The molecule has 3 N–H and O–H groups in total. The van der Waals surface area contributed by atoms with Gasteiger partial charge in [-0.1, -0.05) is 26.7 Å². The van der Waals surface area contributed by atoms with E-state index in [1.54, 1.807) is 43.3 Å². The summed E-state index contributed by atoms with van der Waals surface area (Å²) in [6.07, 6.45) is 3.17. The molecule has 0 heterocycles. The molecule has 2 unspecified atom stereocenters. The van der Waals surface area contributed by atoms with Crippen LogP contribution >= 0.6 is 0 Å². The zero-order valence-electron chi connectivity index (χ0n) is 18.2. The molecule has 0 aliphatic heterocycles. The van der Waals surface area contributed by atoms with Gasteiger partial charge in [0.1, 0.15) is 17.6 Å². The number of hydrogen-bond acceptors (Lipinski definition) is 5. The molecule has 0 fully saturated rings. The standard InChI is InChI=1S/C24H34N2O4/c1-4-6-7-17-29-21-12-8-19(9-13-21)23(28)26-20-10-14-22(15-11-20)30-24(18(3)27)25-16-5-2/h8-15,18,24-25,27H,4-7,16-17H2,1-3H3,(H,26,28). The number of rotatable bonds is 13. The molecule has 0 saturated heterocycles. The lowest BCUT2D eigenvalue weighted by Gasteiger charge is -2.22. The minimum absolute atomic E-state index is 0.187. The summed E-state index contributed by atoms with van der Waals surface area (Å²) >= 11 is 0. The van der Waals surface area contributed by atoms with Gasteiger partial charge in [-0.05, 0) is 74.8 Å². The third-order valence-electron chi connectivity index (χ3n) is 4.54. The molecule has 0 bridgehead atoms. The van der Waals surface area contributed by atoms with Crippen molar-refractivity contribution in [1.29, 1.82) is 0 Å². The van der Waals surface area contributed by atoms with Crippen molar-refractivity contribution in [2.24, 2.45) is 0 Å². The number of anilines is 1. The molecule has 2 atom stereocenters. The second kappa shape index (κ2) is 12.9. The lowest BCUT2D eigenvalue weighted by molar-refractivity contribution is 0.0272. The number of nitrogens with one attached hydrogen (secondary N) is 2. The van der Waals surface area contributed by atoms with E-state index in [2.05, 4.69) is 24.5 Å². The van der Waals surface area contributed by atoms with Gasteiger partial charge in [-0.15, -0.1) is 0 Å². The van der Waals surface area contributed by atoms with E-state index in [1.807, 2.05) is 12.1 Å². The molecule has 0 aliphatic rings. The van der Waals surface area contributed by atoms with Crippen LogP contribution in [0.4, 0.5) is 5.69 Å². The van der Waals surface area contributed by atoms with Crippen LogP contribution in [0.25, 0.3) is 0 Å². The smallest absolute Gasteiger partial charge is 0.255 e. The van der Waals surface area contributed by atoms with Crippen molar-refractivity contribution in [3.05, 3.63) is 54.1 Å². The zero-order chi connectivity index (χ0) is 21.8. The fraction of sp³-hybridized carbons (Fsp3) is 0.458. The fourth-order valence-corrected chi connectivity index (χ4v) is 2.81. The predicted octanol–water partition coefficient (Wildman–Crippen LogP) is 4.59. The fourth-order valence-electron chi connectivity index (χ4n) is 2.81. The number of carbonyl (C=O) groups excluding carboxylic acids is 1. The van der Waals surface area contributed by atoms with Crippen LogP contribution in [0.1, 0.15) is 56.8 Å². The third-order valence-corrected chi connectivity index (χ3v) is 4.54. The van der Waals surface area contributed by atoms with Gasteiger partial charge in [0.05, 0.1) is 6.61 Å². The molecule has 0 saturated carbocycles. The third kappa shape index (κ3) is 8.05. The first-order valence-electron chi connectivity index (χ1n) is 10.8. The minimum Gasteiger partial charge on any atom is -0.494 e. The lowest BCUT2D eigenvalue weighted by Crippen LogP contribution is -2.43. The maximum absolute atomic E-state index is 12.5. The molecule has 1 amide bonds. The van der Waals surface area contributed by atoms with Gasteiger partial charge in [-0.2, -0.15) is 0 Å². The summed E-state index contributed by atoms with van der Waals surface area (Å²) in [4.78, 5) is 12.5. The topological polar surface area (TPSA) is 79.8 Å². The molecule has 0 spiro atoms. The van der Waals surface area contributed by atoms with Gasteiger partial charge in [0.15, 0.2) is 6.23 Å². The maximum atomic E-state index is 12.5. The van der Waals surface area contributed by atoms with E-state index < -0.39 is 12.3 Å². The van der Waals surface area contributed by atoms with E-state index >= 15 is 0 Å². The summed E-state index contributed by atoms with van der Waals surface area (Å²) in [7, 11) is 0. The zero-order valence-corrected chi connectivity index (χ0v) is 18.2. The van der Waals surface area contributed by atoms with Gasteiger partial charge in [0.2, 0.25) is 0 Å². The Bertz CT molecular complexity index is 745. The molecular weight excluding hydrogens is 380 g/mol. The van der Waals surface area contributed by atoms with Gasteiger partial charge in [0, 0.05) is 11.3 Å². The Morgan fingerprint density at radius 2 is 1.63 bits per heavy atom.